The molecule has 0 aliphatic rings. The second-order valence-corrected chi connectivity index (χ2v) is 5.59. The number of hydrogen-bond donors (Lipinski definition) is 3. The van der Waals surface area contributed by atoms with Crippen molar-refractivity contribution in [2.45, 2.75) is 30.5 Å². The van der Waals surface area contributed by atoms with Crippen LogP contribution in [0.1, 0.15) is 13.8 Å². The zero-order valence-corrected chi connectivity index (χ0v) is 13.3. The van der Waals surface area contributed by atoms with E-state index >= 15 is 0 Å². The monoisotopic (exact) mass is 333 g/mol. The number of likely N-dealkylation sites (N-methyl/N-ethyl adjacent to an activating group) is 1. The number of halogens is 2. The third-order valence-electron chi connectivity index (χ3n) is 2.43. The summed E-state index contributed by atoms with van der Waals surface area (Å²) in [7, 11) is 0. The van der Waals surface area contributed by atoms with Gasteiger partial charge in [0.15, 0.2) is 5.11 Å². The summed E-state index contributed by atoms with van der Waals surface area (Å²) in [4.78, 5) is 12.0. The van der Waals surface area contributed by atoms with Crippen LogP contribution in [0.2, 0.25) is 0 Å². The minimum Gasteiger partial charge on any atom is -0.355 e. The maximum atomic E-state index is 12.2. The number of rotatable bonds is 6. The van der Waals surface area contributed by atoms with Gasteiger partial charge in [0, 0.05) is 17.1 Å². The minimum atomic E-state index is -2.44. The average molecular weight is 333 g/mol. The molecule has 8 heteroatoms. The van der Waals surface area contributed by atoms with Crippen LogP contribution in [-0.4, -0.2) is 29.4 Å². The zero-order chi connectivity index (χ0) is 15.8. The van der Waals surface area contributed by atoms with Crippen LogP contribution in [-0.2, 0) is 4.79 Å². The first kappa shape index (κ1) is 17.6. The Morgan fingerprint density at radius 2 is 1.95 bits per heavy atom. The van der Waals surface area contributed by atoms with Gasteiger partial charge in [-0.1, -0.05) is 11.8 Å². The summed E-state index contributed by atoms with van der Waals surface area (Å²) in [6.07, 6.45) is 0. The van der Waals surface area contributed by atoms with Crippen LogP contribution in [0.3, 0.4) is 0 Å². The Kier molecular flexibility index (Phi) is 7.38. The second-order valence-electron chi connectivity index (χ2n) is 4.12. The number of nitrogens with one attached hydrogen (secondary N) is 3. The molecule has 0 radical (unpaired) electrons. The van der Waals surface area contributed by atoms with E-state index in [1.54, 1.807) is 31.2 Å². The maximum absolute atomic E-state index is 12.2. The topological polar surface area (TPSA) is 53.2 Å². The number of hydrogen-bond acceptors (Lipinski definition) is 3. The molecule has 21 heavy (non-hydrogen) atoms. The van der Waals surface area contributed by atoms with Gasteiger partial charge in [-0.05, 0) is 50.3 Å². The molecule has 0 saturated heterocycles. The van der Waals surface area contributed by atoms with E-state index < -0.39 is 11.8 Å². The number of thiocarbonyl (C=S) groups is 1. The zero-order valence-electron chi connectivity index (χ0n) is 11.7. The standard InChI is InChI=1S/C13H17F2N3OS2/c1-3-16-11(19)8(2)17-13(20)18-9-4-6-10(7-5-9)21-12(14)15/h4-8,12H,3H2,1-2H3,(H,16,19)(H2,17,18,20)/t8-/m0/s1. The smallest absolute Gasteiger partial charge is 0.288 e. The number of amides is 1. The molecular weight excluding hydrogens is 316 g/mol. The highest BCUT2D eigenvalue weighted by atomic mass is 32.2. The van der Waals surface area contributed by atoms with Crippen LogP contribution in [0, 0.1) is 0 Å². The Morgan fingerprint density at radius 3 is 2.48 bits per heavy atom. The fourth-order valence-electron chi connectivity index (χ4n) is 1.48. The van der Waals surface area contributed by atoms with Crippen LogP contribution in [0.4, 0.5) is 14.5 Å². The van der Waals surface area contributed by atoms with Crippen LogP contribution in [0.25, 0.3) is 0 Å². The van der Waals surface area contributed by atoms with Crippen LogP contribution in [0.5, 0.6) is 0 Å². The summed E-state index contributed by atoms with van der Waals surface area (Å²) >= 11 is 5.57. The molecule has 0 bridgehead atoms. The van der Waals surface area contributed by atoms with E-state index in [0.29, 0.717) is 34.0 Å². The number of carbonyl (C=O) groups is 1. The lowest BCUT2D eigenvalue weighted by molar-refractivity contribution is -0.122. The molecule has 0 spiro atoms. The van der Waals surface area contributed by atoms with Gasteiger partial charge < -0.3 is 16.0 Å². The van der Waals surface area contributed by atoms with Crippen molar-refractivity contribution < 1.29 is 13.6 Å². The van der Waals surface area contributed by atoms with Crippen molar-refractivity contribution in [1.82, 2.24) is 10.6 Å². The van der Waals surface area contributed by atoms with E-state index in [1.807, 2.05) is 6.92 Å². The first-order chi connectivity index (χ1) is 9.92. The second kappa shape index (κ2) is 8.78. The normalized spacial score (nSPS) is 11.9. The lowest BCUT2D eigenvalue weighted by Gasteiger charge is -2.16. The Balaban J connectivity index is 2.49. The van der Waals surface area contributed by atoms with Crippen molar-refractivity contribution in [2.24, 2.45) is 0 Å². The molecule has 0 aromatic heterocycles. The van der Waals surface area contributed by atoms with Gasteiger partial charge in [-0.2, -0.15) is 8.78 Å². The van der Waals surface area contributed by atoms with Gasteiger partial charge in [-0.25, -0.2) is 0 Å². The van der Waals surface area contributed by atoms with Crippen LogP contribution < -0.4 is 16.0 Å². The summed E-state index contributed by atoms with van der Waals surface area (Å²) < 4.78 is 24.4. The van der Waals surface area contributed by atoms with Crippen molar-refractivity contribution in [3.63, 3.8) is 0 Å². The molecule has 0 unspecified atom stereocenters. The van der Waals surface area contributed by atoms with Crippen LogP contribution >= 0.6 is 24.0 Å². The molecule has 1 aromatic rings. The summed E-state index contributed by atoms with van der Waals surface area (Å²) in [5, 5.41) is 8.71. The lowest BCUT2D eigenvalue weighted by Crippen LogP contribution is -2.46. The van der Waals surface area contributed by atoms with E-state index in [4.69, 9.17) is 12.2 Å². The first-order valence-electron chi connectivity index (χ1n) is 6.32. The molecule has 1 amide bonds. The Bertz CT molecular complexity index is 483. The fourth-order valence-corrected chi connectivity index (χ4v) is 2.27. The summed E-state index contributed by atoms with van der Waals surface area (Å²) in [5.74, 6) is -2.59. The number of anilines is 1. The predicted octanol–water partition coefficient (Wildman–Crippen LogP) is 2.81. The number of thioether (sulfide) groups is 1. The van der Waals surface area contributed by atoms with Crippen molar-refractivity contribution in [2.75, 3.05) is 11.9 Å². The summed E-state index contributed by atoms with van der Waals surface area (Å²) in [6, 6.07) is 5.99. The van der Waals surface area contributed by atoms with E-state index in [0.717, 1.165) is 0 Å². The molecule has 0 aliphatic carbocycles. The van der Waals surface area contributed by atoms with Crippen molar-refractivity contribution in [3.05, 3.63) is 24.3 Å². The van der Waals surface area contributed by atoms with Gasteiger partial charge in [-0.15, -0.1) is 0 Å². The van der Waals surface area contributed by atoms with Gasteiger partial charge in [-0.3, -0.25) is 4.79 Å². The van der Waals surface area contributed by atoms with E-state index in [1.165, 1.54) is 0 Å². The highest BCUT2D eigenvalue weighted by Gasteiger charge is 2.12. The molecular formula is C13H17F2N3OS2. The Morgan fingerprint density at radius 1 is 1.33 bits per heavy atom. The molecule has 1 rings (SSSR count). The highest BCUT2D eigenvalue weighted by Crippen LogP contribution is 2.26. The van der Waals surface area contributed by atoms with E-state index in [9.17, 15) is 13.6 Å². The SMILES string of the molecule is CCNC(=O)[C@H](C)NC(=S)Nc1ccc(SC(F)F)cc1. The Labute approximate surface area is 132 Å². The number of alkyl halides is 2. The maximum Gasteiger partial charge on any atom is 0.288 e. The Hall–Kier alpha value is -1.41. The molecule has 3 N–H and O–H groups in total. The molecule has 1 aromatic carbocycles. The fraction of sp³-hybridized carbons (Fsp3) is 0.385. The quantitative estimate of drug-likeness (QED) is 0.552. The third-order valence-corrected chi connectivity index (χ3v) is 3.37. The largest absolute Gasteiger partial charge is 0.355 e. The van der Waals surface area contributed by atoms with Crippen molar-refractivity contribution in [1.29, 1.82) is 0 Å². The molecule has 0 fully saturated rings. The van der Waals surface area contributed by atoms with Crippen LogP contribution in [0.15, 0.2) is 29.2 Å². The molecule has 0 saturated carbocycles. The third kappa shape index (κ3) is 6.72. The minimum absolute atomic E-state index is 0.148. The van der Waals surface area contributed by atoms with Gasteiger partial charge in [0.25, 0.3) is 5.76 Å². The predicted molar refractivity (Wildman–Crippen MR) is 85.8 cm³/mol. The molecule has 1 atom stereocenters. The lowest BCUT2D eigenvalue weighted by atomic mass is 10.3. The number of carbonyl (C=O) groups excluding carboxylic acids is 1. The van der Waals surface area contributed by atoms with E-state index in [2.05, 4.69) is 16.0 Å². The molecule has 0 heterocycles. The average Bonchev–Trinajstić information content (AvgIpc) is 2.40. The van der Waals surface area contributed by atoms with E-state index in [-0.39, 0.29) is 5.91 Å². The first-order valence-corrected chi connectivity index (χ1v) is 7.61. The highest BCUT2D eigenvalue weighted by molar-refractivity contribution is 7.99. The molecule has 116 valence electrons. The number of benzene rings is 1. The van der Waals surface area contributed by atoms with Crippen molar-refractivity contribution >= 4 is 40.7 Å². The molecule has 0 aliphatic heterocycles. The van der Waals surface area contributed by atoms with Gasteiger partial charge in [0.05, 0.1) is 0 Å². The van der Waals surface area contributed by atoms with Gasteiger partial charge in [0.1, 0.15) is 6.04 Å². The van der Waals surface area contributed by atoms with Gasteiger partial charge >= 0.3 is 0 Å². The van der Waals surface area contributed by atoms with Gasteiger partial charge in [0.2, 0.25) is 5.91 Å². The molecule has 4 nitrogen and oxygen atoms in total. The van der Waals surface area contributed by atoms with Crippen molar-refractivity contribution in [3.8, 4) is 0 Å². The summed E-state index contributed by atoms with van der Waals surface area (Å²) in [5.41, 5.74) is 0.661. The summed E-state index contributed by atoms with van der Waals surface area (Å²) in [6.45, 7) is 4.08.